The number of hydrogen-bond donors (Lipinski definition) is 1. The summed E-state index contributed by atoms with van der Waals surface area (Å²) in [4.78, 5) is 14.6. The molecule has 1 aromatic carbocycles. The Morgan fingerprint density at radius 3 is 2.66 bits per heavy atom. The molecule has 0 saturated carbocycles. The van der Waals surface area contributed by atoms with Gasteiger partial charge in [-0.25, -0.2) is 0 Å². The average Bonchev–Trinajstić information content (AvgIpc) is 3.19. The molecule has 1 N–H and O–H groups in total. The largest absolute Gasteiger partial charge is 0.355 e. The highest BCUT2D eigenvalue weighted by Crippen LogP contribution is 2.18. The van der Waals surface area contributed by atoms with Crippen LogP contribution in [0, 0.1) is 0 Å². The molecule has 3 heterocycles. The van der Waals surface area contributed by atoms with Crippen LogP contribution < -0.4 is 10.2 Å². The van der Waals surface area contributed by atoms with Gasteiger partial charge in [-0.1, -0.05) is 37.3 Å². The van der Waals surface area contributed by atoms with Crippen molar-refractivity contribution in [3.63, 3.8) is 0 Å². The Hall–Kier alpha value is -2.96. The van der Waals surface area contributed by atoms with E-state index in [0.717, 1.165) is 30.4 Å². The third-order valence-electron chi connectivity index (χ3n) is 5.54. The van der Waals surface area contributed by atoms with Gasteiger partial charge in [0.2, 0.25) is 5.91 Å². The van der Waals surface area contributed by atoms with Crippen molar-refractivity contribution in [2.24, 2.45) is 0 Å². The quantitative estimate of drug-likeness (QED) is 0.669. The molecule has 1 saturated heterocycles. The lowest BCUT2D eigenvalue weighted by Crippen LogP contribution is -2.30. The number of carbonyl (C=O) groups excluding carboxylic acids is 1. The molecule has 2 aromatic heterocycles. The maximum Gasteiger partial charge on any atom is 0.220 e. The van der Waals surface area contributed by atoms with Gasteiger partial charge in [0.15, 0.2) is 11.5 Å². The molecule has 1 amide bonds. The Bertz CT molecular complexity index is 948. The predicted molar refractivity (Wildman–Crippen MR) is 113 cm³/mol. The number of hydrogen-bond acceptors (Lipinski definition) is 5. The summed E-state index contributed by atoms with van der Waals surface area (Å²) in [6.45, 7) is 4.82. The molecule has 4 rings (SSSR count). The van der Waals surface area contributed by atoms with Crippen molar-refractivity contribution in [3.8, 4) is 0 Å². The smallest absolute Gasteiger partial charge is 0.220 e. The van der Waals surface area contributed by atoms with Crippen molar-refractivity contribution in [1.82, 2.24) is 25.1 Å². The molecule has 3 aromatic rings. The van der Waals surface area contributed by atoms with E-state index >= 15 is 0 Å². The number of benzene rings is 1. The van der Waals surface area contributed by atoms with Crippen LogP contribution in [0.3, 0.4) is 0 Å². The first kappa shape index (κ1) is 19.4. The van der Waals surface area contributed by atoms with Gasteiger partial charge in [0.25, 0.3) is 0 Å². The summed E-state index contributed by atoms with van der Waals surface area (Å²) in [6.07, 6.45) is 4.59. The van der Waals surface area contributed by atoms with Crippen LogP contribution in [0.1, 0.15) is 49.9 Å². The van der Waals surface area contributed by atoms with Crippen molar-refractivity contribution in [1.29, 1.82) is 0 Å². The normalized spacial score (nSPS) is 15.4. The Morgan fingerprint density at radius 2 is 1.86 bits per heavy atom. The van der Waals surface area contributed by atoms with Crippen molar-refractivity contribution in [2.45, 2.75) is 44.9 Å². The number of rotatable bonds is 7. The number of piperidine rings is 1. The summed E-state index contributed by atoms with van der Waals surface area (Å²) in [5, 5.41) is 16.2. The first-order valence-electron chi connectivity index (χ1n) is 10.5. The summed E-state index contributed by atoms with van der Waals surface area (Å²) in [5.74, 6) is 1.99. The van der Waals surface area contributed by atoms with Crippen molar-refractivity contribution < 1.29 is 4.79 Å². The highest BCUT2D eigenvalue weighted by molar-refractivity contribution is 5.76. The van der Waals surface area contributed by atoms with E-state index < -0.39 is 0 Å². The highest BCUT2D eigenvalue weighted by atomic mass is 16.1. The molecule has 29 heavy (non-hydrogen) atoms. The zero-order chi connectivity index (χ0) is 20.1. The maximum atomic E-state index is 12.3. The fraction of sp³-hybridized carbons (Fsp3) is 0.455. The third kappa shape index (κ3) is 4.72. The molecule has 1 atom stereocenters. The van der Waals surface area contributed by atoms with Crippen LogP contribution in [-0.2, 0) is 11.2 Å². The number of anilines is 1. The van der Waals surface area contributed by atoms with E-state index in [-0.39, 0.29) is 11.8 Å². The molecule has 7 nitrogen and oxygen atoms in total. The molecule has 0 unspecified atom stereocenters. The molecule has 152 valence electrons. The van der Waals surface area contributed by atoms with Gasteiger partial charge in [-0.2, -0.15) is 4.52 Å². The molecule has 0 spiro atoms. The van der Waals surface area contributed by atoms with Crippen LogP contribution in [0.5, 0.6) is 0 Å². The highest BCUT2D eigenvalue weighted by Gasteiger charge is 2.15. The molecule has 1 aliphatic rings. The SMILES string of the molecule is C[C@H](CNC(=O)CCc1nnc2ccc(N3CCCCC3)nn12)c1ccccc1. The maximum absolute atomic E-state index is 12.3. The van der Waals surface area contributed by atoms with E-state index in [9.17, 15) is 4.79 Å². The number of aromatic nitrogens is 4. The summed E-state index contributed by atoms with van der Waals surface area (Å²) in [6, 6.07) is 14.2. The minimum atomic E-state index is 0.0247. The second kappa shape index (κ2) is 9.03. The second-order valence-corrected chi connectivity index (χ2v) is 7.74. The van der Waals surface area contributed by atoms with E-state index in [1.165, 1.54) is 24.8 Å². The van der Waals surface area contributed by atoms with Gasteiger partial charge in [-0.05, 0) is 42.9 Å². The van der Waals surface area contributed by atoms with Crippen molar-refractivity contribution >= 4 is 17.4 Å². The molecular formula is C22H28N6O. The van der Waals surface area contributed by atoms with E-state index in [2.05, 4.69) is 39.5 Å². The lowest BCUT2D eigenvalue weighted by molar-refractivity contribution is -0.121. The van der Waals surface area contributed by atoms with Crippen molar-refractivity contribution in [3.05, 3.63) is 53.9 Å². The number of amides is 1. The fourth-order valence-corrected chi connectivity index (χ4v) is 3.75. The molecule has 0 radical (unpaired) electrons. The van der Waals surface area contributed by atoms with Crippen LogP contribution in [0.15, 0.2) is 42.5 Å². The second-order valence-electron chi connectivity index (χ2n) is 7.74. The minimum absolute atomic E-state index is 0.0247. The summed E-state index contributed by atoms with van der Waals surface area (Å²) in [7, 11) is 0. The van der Waals surface area contributed by atoms with Crippen LogP contribution >= 0.6 is 0 Å². The lowest BCUT2D eigenvalue weighted by Gasteiger charge is -2.27. The Balaban J connectivity index is 1.34. The molecule has 7 heteroatoms. The zero-order valence-electron chi connectivity index (χ0n) is 16.9. The first-order valence-corrected chi connectivity index (χ1v) is 10.5. The number of aryl methyl sites for hydroxylation is 1. The van der Waals surface area contributed by atoms with Gasteiger partial charge in [-0.3, -0.25) is 4.79 Å². The van der Waals surface area contributed by atoms with E-state index in [1.54, 1.807) is 4.52 Å². The molecular weight excluding hydrogens is 364 g/mol. The van der Waals surface area contributed by atoms with Gasteiger partial charge in [-0.15, -0.1) is 15.3 Å². The Labute approximate surface area is 171 Å². The van der Waals surface area contributed by atoms with Crippen LogP contribution in [-0.4, -0.2) is 45.4 Å². The Kier molecular flexibility index (Phi) is 6.03. The standard InChI is InChI=1S/C22H28N6O/c1-17(18-8-4-2-5-9-18)16-23-22(29)13-12-20-25-24-19-10-11-21(26-28(19)20)27-14-6-3-7-15-27/h2,4-5,8-11,17H,3,6-7,12-16H2,1H3,(H,23,29)/t17-/m1/s1. The molecule has 1 fully saturated rings. The topological polar surface area (TPSA) is 75.4 Å². The summed E-state index contributed by atoms with van der Waals surface area (Å²) >= 11 is 0. The van der Waals surface area contributed by atoms with Crippen LogP contribution in [0.4, 0.5) is 5.82 Å². The van der Waals surface area contributed by atoms with E-state index in [0.29, 0.717) is 19.4 Å². The molecule has 0 aliphatic carbocycles. The van der Waals surface area contributed by atoms with Gasteiger partial charge in [0, 0.05) is 32.5 Å². The van der Waals surface area contributed by atoms with E-state index in [1.807, 2.05) is 30.3 Å². The molecule has 0 bridgehead atoms. The van der Waals surface area contributed by atoms with Gasteiger partial charge in [0.1, 0.15) is 5.82 Å². The number of nitrogens with one attached hydrogen (secondary N) is 1. The van der Waals surface area contributed by atoms with E-state index in [4.69, 9.17) is 5.10 Å². The summed E-state index contributed by atoms with van der Waals surface area (Å²) in [5.41, 5.74) is 1.95. The predicted octanol–water partition coefficient (Wildman–Crippen LogP) is 2.97. The lowest BCUT2D eigenvalue weighted by atomic mass is 10.0. The number of carbonyl (C=O) groups is 1. The van der Waals surface area contributed by atoms with Crippen LogP contribution in [0.25, 0.3) is 5.65 Å². The number of nitrogens with zero attached hydrogens (tertiary/aromatic N) is 5. The fourth-order valence-electron chi connectivity index (χ4n) is 3.75. The number of fused-ring (bicyclic) bond motifs is 1. The summed E-state index contributed by atoms with van der Waals surface area (Å²) < 4.78 is 1.78. The van der Waals surface area contributed by atoms with Crippen LogP contribution in [0.2, 0.25) is 0 Å². The minimum Gasteiger partial charge on any atom is -0.355 e. The molecule has 1 aliphatic heterocycles. The third-order valence-corrected chi connectivity index (χ3v) is 5.54. The zero-order valence-corrected chi connectivity index (χ0v) is 16.9. The average molecular weight is 393 g/mol. The first-order chi connectivity index (χ1) is 14.2. The van der Waals surface area contributed by atoms with Gasteiger partial charge >= 0.3 is 0 Å². The Morgan fingerprint density at radius 1 is 1.07 bits per heavy atom. The van der Waals surface area contributed by atoms with Gasteiger partial charge < -0.3 is 10.2 Å². The monoisotopic (exact) mass is 392 g/mol. The van der Waals surface area contributed by atoms with Gasteiger partial charge in [0.05, 0.1) is 0 Å². The van der Waals surface area contributed by atoms with Crippen molar-refractivity contribution in [2.75, 3.05) is 24.5 Å².